The monoisotopic (exact) mass is 443 g/mol. The fourth-order valence-corrected chi connectivity index (χ4v) is 3.19. The average molecular weight is 444 g/mol. The van der Waals surface area contributed by atoms with Crippen molar-refractivity contribution in [3.05, 3.63) is 21.3 Å². The van der Waals surface area contributed by atoms with E-state index in [1.165, 1.54) is 0 Å². The molecule has 0 aliphatic carbocycles. The second-order valence-corrected chi connectivity index (χ2v) is 6.96. The lowest BCUT2D eigenvalue weighted by molar-refractivity contribution is 0.0243. The van der Waals surface area contributed by atoms with Gasteiger partial charge < -0.3 is 15.4 Å². The quantitative estimate of drug-likeness (QED) is 0.415. The molecule has 0 aromatic carbocycles. The van der Waals surface area contributed by atoms with Gasteiger partial charge >= 0.3 is 0 Å². The molecule has 0 radical (unpaired) electrons. The van der Waals surface area contributed by atoms with Gasteiger partial charge in [0.05, 0.1) is 16.5 Å². The van der Waals surface area contributed by atoms with Crippen molar-refractivity contribution in [3.8, 4) is 0 Å². The van der Waals surface area contributed by atoms with Crippen LogP contribution in [-0.2, 0) is 11.3 Å². The van der Waals surface area contributed by atoms with Crippen LogP contribution in [0.1, 0.15) is 31.6 Å². The van der Waals surface area contributed by atoms with Gasteiger partial charge in [-0.05, 0) is 38.8 Å². The van der Waals surface area contributed by atoms with Crippen molar-refractivity contribution in [2.24, 2.45) is 4.99 Å². The van der Waals surface area contributed by atoms with Gasteiger partial charge in [-0.15, -0.1) is 35.3 Å². The van der Waals surface area contributed by atoms with E-state index in [0.717, 1.165) is 47.7 Å². The van der Waals surface area contributed by atoms with Crippen LogP contribution < -0.4 is 10.6 Å². The minimum absolute atomic E-state index is 0. The first kappa shape index (κ1) is 19.0. The number of rotatable bonds is 5. The molecule has 0 spiro atoms. The molecule has 1 atom stereocenters. The van der Waals surface area contributed by atoms with Gasteiger partial charge in [0.15, 0.2) is 5.96 Å². The zero-order chi connectivity index (χ0) is 14.4. The van der Waals surface area contributed by atoms with E-state index in [4.69, 9.17) is 16.3 Å². The Labute approximate surface area is 152 Å². The fraction of sp³-hybridized carbons (Fsp3) is 0.643. The molecule has 120 valence electrons. The molecule has 2 rings (SSSR count). The summed E-state index contributed by atoms with van der Waals surface area (Å²) in [6, 6.07) is 3.92. The van der Waals surface area contributed by atoms with Crippen molar-refractivity contribution in [2.45, 2.75) is 38.8 Å². The molecule has 7 heteroatoms. The molecule has 0 saturated carbocycles. The molecule has 1 unspecified atom stereocenters. The van der Waals surface area contributed by atoms with Gasteiger partial charge in [-0.3, -0.25) is 0 Å². The average Bonchev–Trinajstić information content (AvgIpc) is 3.03. The maximum atomic E-state index is 5.92. The molecule has 1 saturated heterocycles. The molecule has 2 heterocycles. The minimum atomic E-state index is -0.0670. The predicted molar refractivity (Wildman–Crippen MR) is 101 cm³/mol. The molecular formula is C14H23ClIN3OS. The zero-order valence-electron chi connectivity index (χ0n) is 12.4. The fourth-order valence-electron chi connectivity index (χ4n) is 2.18. The second kappa shape index (κ2) is 9.17. The van der Waals surface area contributed by atoms with Crippen molar-refractivity contribution in [1.82, 2.24) is 10.6 Å². The topological polar surface area (TPSA) is 45.7 Å². The molecule has 21 heavy (non-hydrogen) atoms. The highest BCUT2D eigenvalue weighted by Crippen LogP contribution is 2.24. The summed E-state index contributed by atoms with van der Waals surface area (Å²) in [5.74, 6) is 0.828. The summed E-state index contributed by atoms with van der Waals surface area (Å²) in [5, 5.41) is 6.62. The van der Waals surface area contributed by atoms with Gasteiger partial charge in [-0.1, -0.05) is 11.6 Å². The smallest absolute Gasteiger partial charge is 0.191 e. The summed E-state index contributed by atoms with van der Waals surface area (Å²) < 4.78 is 6.58. The first-order valence-corrected chi connectivity index (χ1v) is 8.21. The van der Waals surface area contributed by atoms with E-state index in [2.05, 4.69) is 29.5 Å². The van der Waals surface area contributed by atoms with Crippen LogP contribution in [0.25, 0.3) is 0 Å². The van der Waals surface area contributed by atoms with Gasteiger partial charge in [-0.25, -0.2) is 4.99 Å². The number of guanidine groups is 1. The Bertz CT molecular complexity index is 461. The molecule has 2 N–H and O–H groups in total. The van der Waals surface area contributed by atoms with E-state index in [9.17, 15) is 0 Å². The number of halogens is 2. The Hall–Kier alpha value is -0.0500. The van der Waals surface area contributed by atoms with Crippen LogP contribution in [0.3, 0.4) is 0 Å². The van der Waals surface area contributed by atoms with Crippen molar-refractivity contribution in [1.29, 1.82) is 0 Å². The highest BCUT2D eigenvalue weighted by Gasteiger charge is 2.29. The molecule has 4 nitrogen and oxygen atoms in total. The summed E-state index contributed by atoms with van der Waals surface area (Å²) in [4.78, 5) is 5.74. The minimum Gasteiger partial charge on any atom is -0.373 e. The summed E-state index contributed by atoms with van der Waals surface area (Å²) in [6.45, 7) is 7.34. The molecule has 0 amide bonds. The van der Waals surface area contributed by atoms with Crippen LogP contribution in [0, 0.1) is 0 Å². The normalized spacial score (nSPS) is 22.0. The first-order valence-electron chi connectivity index (χ1n) is 7.02. The van der Waals surface area contributed by atoms with Crippen LogP contribution >= 0.6 is 46.9 Å². The van der Waals surface area contributed by atoms with E-state index in [1.54, 1.807) is 11.3 Å². The Morgan fingerprint density at radius 3 is 2.86 bits per heavy atom. The number of hydrogen-bond acceptors (Lipinski definition) is 3. The SMILES string of the molecule is CCNC(=NCc1ccc(Cl)s1)NCC1(C)CCCO1.I. The van der Waals surface area contributed by atoms with Crippen LogP contribution in [0.15, 0.2) is 17.1 Å². The number of nitrogens with one attached hydrogen (secondary N) is 2. The largest absolute Gasteiger partial charge is 0.373 e. The molecule has 1 aliphatic rings. The van der Waals surface area contributed by atoms with Gasteiger partial charge in [0, 0.05) is 24.6 Å². The molecule has 0 bridgehead atoms. The van der Waals surface area contributed by atoms with Crippen molar-refractivity contribution < 1.29 is 4.74 Å². The molecular weight excluding hydrogens is 421 g/mol. The van der Waals surface area contributed by atoms with Gasteiger partial charge in [0.25, 0.3) is 0 Å². The van der Waals surface area contributed by atoms with E-state index in [-0.39, 0.29) is 29.6 Å². The second-order valence-electron chi connectivity index (χ2n) is 5.16. The predicted octanol–water partition coefficient (Wildman–Crippen LogP) is 3.64. The molecule has 1 aliphatic heterocycles. The van der Waals surface area contributed by atoms with Crippen molar-refractivity contribution in [2.75, 3.05) is 19.7 Å². The number of hydrogen-bond donors (Lipinski definition) is 2. The standard InChI is InChI=1S/C14H22ClN3OS.HI/c1-3-16-13(17-9-11-5-6-12(15)20-11)18-10-14(2)7-4-8-19-14;/h5-6H,3-4,7-10H2,1-2H3,(H2,16,17,18);1H. The van der Waals surface area contributed by atoms with Crippen molar-refractivity contribution >= 4 is 52.9 Å². The lowest BCUT2D eigenvalue weighted by Crippen LogP contribution is -2.45. The molecule has 1 aromatic heterocycles. The van der Waals surface area contributed by atoms with Gasteiger partial charge in [0.1, 0.15) is 0 Å². The number of thiophene rings is 1. The van der Waals surface area contributed by atoms with E-state index in [1.807, 2.05) is 12.1 Å². The highest BCUT2D eigenvalue weighted by molar-refractivity contribution is 14.0. The van der Waals surface area contributed by atoms with E-state index < -0.39 is 0 Å². The Balaban J connectivity index is 0.00000220. The summed E-state index contributed by atoms with van der Waals surface area (Å²) in [5.41, 5.74) is -0.0670. The van der Waals surface area contributed by atoms with Crippen LogP contribution in [0.5, 0.6) is 0 Å². The Morgan fingerprint density at radius 2 is 2.29 bits per heavy atom. The van der Waals surface area contributed by atoms with Gasteiger partial charge in [0.2, 0.25) is 0 Å². The Morgan fingerprint density at radius 1 is 1.48 bits per heavy atom. The summed E-state index contributed by atoms with van der Waals surface area (Å²) in [7, 11) is 0. The van der Waals surface area contributed by atoms with Crippen LogP contribution in [-0.4, -0.2) is 31.3 Å². The highest BCUT2D eigenvalue weighted by atomic mass is 127. The number of aliphatic imine (C=N–C) groups is 1. The maximum Gasteiger partial charge on any atom is 0.191 e. The van der Waals surface area contributed by atoms with Crippen LogP contribution in [0.2, 0.25) is 4.34 Å². The first-order chi connectivity index (χ1) is 9.61. The third-order valence-electron chi connectivity index (χ3n) is 3.30. The third kappa shape index (κ3) is 6.30. The lowest BCUT2D eigenvalue weighted by atomic mass is 10.0. The van der Waals surface area contributed by atoms with Crippen molar-refractivity contribution in [3.63, 3.8) is 0 Å². The summed E-state index contributed by atoms with van der Waals surface area (Å²) in [6.07, 6.45) is 2.24. The molecule has 1 fully saturated rings. The van der Waals surface area contributed by atoms with E-state index in [0.29, 0.717) is 6.54 Å². The number of nitrogens with zero attached hydrogens (tertiary/aromatic N) is 1. The molecule has 1 aromatic rings. The third-order valence-corrected chi connectivity index (χ3v) is 4.51. The maximum absolute atomic E-state index is 5.92. The van der Waals surface area contributed by atoms with E-state index >= 15 is 0 Å². The Kier molecular flexibility index (Phi) is 8.30. The lowest BCUT2D eigenvalue weighted by Gasteiger charge is -2.24. The van der Waals surface area contributed by atoms with Crippen LogP contribution in [0.4, 0.5) is 0 Å². The number of ether oxygens (including phenoxy) is 1. The van der Waals surface area contributed by atoms with Gasteiger partial charge in [-0.2, -0.15) is 0 Å². The zero-order valence-corrected chi connectivity index (χ0v) is 16.4. The summed E-state index contributed by atoms with van der Waals surface area (Å²) >= 11 is 7.49.